The first-order valence-corrected chi connectivity index (χ1v) is 6.75. The topological polar surface area (TPSA) is 53.7 Å². The van der Waals surface area contributed by atoms with Crippen molar-refractivity contribution in [3.8, 4) is 5.75 Å². The number of anilines is 1. The van der Waals surface area contributed by atoms with E-state index < -0.39 is 24.1 Å². The van der Waals surface area contributed by atoms with Gasteiger partial charge in [0.25, 0.3) is 0 Å². The smallest absolute Gasteiger partial charge is 0.492 e. The SMILES string of the molecule is CCOc1cc(B2OC(C)(C)C(C)(C)O2)cc(F)c1N. The minimum Gasteiger partial charge on any atom is -0.492 e. The molecular formula is C14H21BFNO3. The second-order valence-corrected chi connectivity index (χ2v) is 5.94. The van der Waals surface area contributed by atoms with Gasteiger partial charge < -0.3 is 19.8 Å². The van der Waals surface area contributed by atoms with Crippen molar-refractivity contribution in [2.24, 2.45) is 0 Å². The Kier molecular flexibility index (Phi) is 3.73. The van der Waals surface area contributed by atoms with Crippen LogP contribution < -0.4 is 15.9 Å². The van der Waals surface area contributed by atoms with Crippen molar-refractivity contribution in [3.05, 3.63) is 17.9 Å². The van der Waals surface area contributed by atoms with E-state index in [1.807, 2.05) is 34.6 Å². The fraction of sp³-hybridized carbons (Fsp3) is 0.571. The number of nitrogens with two attached hydrogens (primary N) is 1. The van der Waals surface area contributed by atoms with E-state index in [2.05, 4.69) is 0 Å². The van der Waals surface area contributed by atoms with E-state index in [1.165, 1.54) is 6.07 Å². The highest BCUT2D eigenvalue weighted by atomic mass is 19.1. The highest BCUT2D eigenvalue weighted by molar-refractivity contribution is 6.62. The first-order chi connectivity index (χ1) is 9.18. The zero-order valence-corrected chi connectivity index (χ0v) is 12.6. The van der Waals surface area contributed by atoms with Crippen molar-refractivity contribution in [2.75, 3.05) is 12.3 Å². The van der Waals surface area contributed by atoms with Gasteiger partial charge in [-0.05, 0) is 52.2 Å². The number of benzene rings is 1. The standard InChI is InChI=1S/C14H21BFNO3/c1-6-18-11-8-9(7-10(16)12(11)17)15-19-13(2,3)14(4,5)20-15/h7-8H,6,17H2,1-5H3. The minimum absolute atomic E-state index is 0.00659. The maximum absolute atomic E-state index is 13.9. The number of rotatable bonds is 3. The van der Waals surface area contributed by atoms with Gasteiger partial charge in [0, 0.05) is 0 Å². The van der Waals surface area contributed by atoms with Gasteiger partial charge in [0.15, 0.2) is 0 Å². The second kappa shape index (κ2) is 4.93. The molecule has 1 saturated heterocycles. The maximum atomic E-state index is 13.9. The highest BCUT2D eigenvalue weighted by Gasteiger charge is 2.51. The molecule has 1 aromatic carbocycles. The lowest BCUT2D eigenvalue weighted by atomic mass is 9.79. The molecule has 2 N–H and O–H groups in total. The van der Waals surface area contributed by atoms with Crippen molar-refractivity contribution in [1.29, 1.82) is 0 Å². The van der Waals surface area contributed by atoms with Crippen LogP contribution in [-0.2, 0) is 9.31 Å². The number of ether oxygens (including phenoxy) is 1. The summed E-state index contributed by atoms with van der Waals surface area (Å²) in [6, 6.07) is 3.00. The molecule has 1 fully saturated rings. The molecule has 110 valence electrons. The second-order valence-electron chi connectivity index (χ2n) is 5.94. The van der Waals surface area contributed by atoms with Crippen LogP contribution in [0.3, 0.4) is 0 Å². The van der Waals surface area contributed by atoms with Gasteiger partial charge >= 0.3 is 7.12 Å². The van der Waals surface area contributed by atoms with Crippen LogP contribution in [0, 0.1) is 5.82 Å². The van der Waals surface area contributed by atoms with Crippen LogP contribution in [0.15, 0.2) is 12.1 Å². The van der Waals surface area contributed by atoms with Crippen molar-refractivity contribution >= 4 is 18.3 Å². The molecule has 0 unspecified atom stereocenters. The van der Waals surface area contributed by atoms with Crippen molar-refractivity contribution in [1.82, 2.24) is 0 Å². The highest BCUT2D eigenvalue weighted by Crippen LogP contribution is 2.37. The summed E-state index contributed by atoms with van der Waals surface area (Å²) in [7, 11) is -0.630. The third-order valence-electron chi connectivity index (χ3n) is 3.94. The molecule has 2 rings (SSSR count). The van der Waals surface area contributed by atoms with Crippen LogP contribution in [0.4, 0.5) is 10.1 Å². The molecule has 0 spiro atoms. The lowest BCUT2D eigenvalue weighted by molar-refractivity contribution is 0.00578. The van der Waals surface area contributed by atoms with Crippen molar-refractivity contribution in [3.63, 3.8) is 0 Å². The van der Waals surface area contributed by atoms with Gasteiger partial charge in [-0.25, -0.2) is 4.39 Å². The van der Waals surface area contributed by atoms with Gasteiger partial charge in [-0.1, -0.05) is 0 Å². The molecule has 0 aliphatic carbocycles. The van der Waals surface area contributed by atoms with Gasteiger partial charge in [0.2, 0.25) is 0 Å². The summed E-state index contributed by atoms with van der Waals surface area (Å²) in [5.41, 5.74) is 5.29. The van der Waals surface area contributed by atoms with Gasteiger partial charge in [-0.2, -0.15) is 0 Å². The monoisotopic (exact) mass is 281 g/mol. The van der Waals surface area contributed by atoms with E-state index in [1.54, 1.807) is 6.07 Å². The van der Waals surface area contributed by atoms with Crippen LogP contribution in [-0.4, -0.2) is 24.9 Å². The summed E-state index contributed by atoms with van der Waals surface area (Å²) in [6.07, 6.45) is 0. The molecule has 20 heavy (non-hydrogen) atoms. The molecule has 1 heterocycles. The predicted octanol–water partition coefficient (Wildman–Crippen LogP) is 2.11. The third kappa shape index (κ3) is 2.50. The summed E-state index contributed by atoms with van der Waals surface area (Å²) in [5.74, 6) is -0.210. The Bertz CT molecular complexity index is 503. The van der Waals surface area contributed by atoms with E-state index in [0.29, 0.717) is 17.8 Å². The molecule has 0 atom stereocenters. The van der Waals surface area contributed by atoms with Crippen LogP contribution in [0.5, 0.6) is 5.75 Å². The Morgan fingerprint density at radius 3 is 2.25 bits per heavy atom. The number of halogens is 1. The summed E-state index contributed by atoms with van der Waals surface area (Å²) in [5, 5.41) is 0. The minimum atomic E-state index is -0.630. The van der Waals surface area contributed by atoms with Gasteiger partial charge in [0.1, 0.15) is 17.3 Å². The zero-order chi connectivity index (χ0) is 15.1. The van der Waals surface area contributed by atoms with Gasteiger partial charge in [-0.15, -0.1) is 0 Å². The molecule has 0 bridgehead atoms. The van der Waals surface area contributed by atoms with Crippen molar-refractivity contribution < 1.29 is 18.4 Å². The average Bonchev–Trinajstić information content (AvgIpc) is 2.54. The van der Waals surface area contributed by atoms with E-state index in [-0.39, 0.29) is 5.69 Å². The fourth-order valence-electron chi connectivity index (χ4n) is 2.00. The number of nitrogen functional groups attached to an aromatic ring is 1. The molecule has 4 nitrogen and oxygen atoms in total. The quantitative estimate of drug-likeness (QED) is 0.681. The van der Waals surface area contributed by atoms with Crippen molar-refractivity contribution in [2.45, 2.75) is 45.8 Å². The summed E-state index contributed by atoms with van der Waals surface area (Å²) >= 11 is 0. The van der Waals surface area contributed by atoms with Crippen LogP contribution >= 0.6 is 0 Å². The summed E-state index contributed by atoms with van der Waals surface area (Å²) < 4.78 is 31.0. The van der Waals surface area contributed by atoms with Gasteiger partial charge in [0.05, 0.1) is 17.8 Å². The lowest BCUT2D eigenvalue weighted by Crippen LogP contribution is -2.41. The Hall–Kier alpha value is -1.27. The lowest BCUT2D eigenvalue weighted by Gasteiger charge is -2.32. The Morgan fingerprint density at radius 2 is 1.75 bits per heavy atom. The maximum Gasteiger partial charge on any atom is 0.495 e. The van der Waals surface area contributed by atoms with Crippen LogP contribution in [0.1, 0.15) is 34.6 Å². The molecule has 1 aliphatic heterocycles. The molecule has 6 heteroatoms. The summed E-state index contributed by atoms with van der Waals surface area (Å²) in [4.78, 5) is 0. The third-order valence-corrected chi connectivity index (χ3v) is 3.94. The molecule has 0 radical (unpaired) electrons. The number of hydrogen-bond donors (Lipinski definition) is 1. The molecule has 0 amide bonds. The molecular weight excluding hydrogens is 260 g/mol. The Morgan fingerprint density at radius 1 is 1.20 bits per heavy atom. The van der Waals surface area contributed by atoms with Crippen LogP contribution in [0.25, 0.3) is 0 Å². The molecule has 0 saturated carbocycles. The fourth-order valence-corrected chi connectivity index (χ4v) is 2.00. The van der Waals surface area contributed by atoms with E-state index in [4.69, 9.17) is 19.8 Å². The summed E-state index contributed by atoms with van der Waals surface area (Å²) in [6.45, 7) is 10.0. The van der Waals surface area contributed by atoms with Gasteiger partial charge in [-0.3, -0.25) is 0 Å². The largest absolute Gasteiger partial charge is 0.495 e. The predicted molar refractivity (Wildman–Crippen MR) is 77.7 cm³/mol. The average molecular weight is 281 g/mol. The van der Waals surface area contributed by atoms with E-state index in [0.717, 1.165) is 0 Å². The van der Waals surface area contributed by atoms with E-state index >= 15 is 0 Å². The molecule has 1 aliphatic rings. The van der Waals surface area contributed by atoms with E-state index in [9.17, 15) is 4.39 Å². The molecule has 0 aromatic heterocycles. The first kappa shape index (κ1) is 15.1. The van der Waals surface area contributed by atoms with Crippen LogP contribution in [0.2, 0.25) is 0 Å². The normalized spacial score (nSPS) is 20.2. The zero-order valence-electron chi connectivity index (χ0n) is 12.6. The Balaban J connectivity index is 2.35. The Labute approximate surface area is 119 Å². The number of hydrogen-bond acceptors (Lipinski definition) is 4. The first-order valence-electron chi connectivity index (χ1n) is 6.75. The molecule has 1 aromatic rings.